The Balaban J connectivity index is 2.75. The van der Waals surface area contributed by atoms with Crippen molar-refractivity contribution in [1.82, 2.24) is 0 Å². The first-order valence-electron chi connectivity index (χ1n) is 3.95. The molecule has 0 aliphatic carbocycles. The van der Waals surface area contributed by atoms with Gasteiger partial charge in [-0.05, 0) is 0 Å². The van der Waals surface area contributed by atoms with Gasteiger partial charge in [0, 0.05) is 0 Å². The molecule has 2 nitrogen and oxygen atoms in total. The third-order valence-corrected chi connectivity index (χ3v) is 5.04. The number of ketones is 1. The van der Waals surface area contributed by atoms with Crippen LogP contribution in [0, 0.1) is 17.4 Å². The van der Waals surface area contributed by atoms with Crippen LogP contribution in [0.15, 0.2) is 12.1 Å². The quantitative estimate of drug-likeness (QED) is 0.323. The molecule has 13 heavy (non-hydrogen) atoms. The van der Waals surface area contributed by atoms with E-state index in [2.05, 4.69) is 0 Å². The minimum absolute atomic E-state index is 0.161. The molecular formula is C10H8IO2-. The number of hydrogen-bond donors (Lipinski definition) is 0. The van der Waals surface area contributed by atoms with Gasteiger partial charge in [-0.3, -0.25) is 0 Å². The summed E-state index contributed by atoms with van der Waals surface area (Å²) in [6.45, 7) is 3.85. The zero-order valence-corrected chi connectivity index (χ0v) is 9.51. The molecule has 0 saturated heterocycles. The van der Waals surface area contributed by atoms with E-state index in [0.29, 0.717) is 5.56 Å². The van der Waals surface area contributed by atoms with Crippen molar-refractivity contribution in [1.29, 1.82) is 0 Å². The third-order valence-electron chi connectivity index (χ3n) is 2.13. The Hall–Kier alpha value is -0.710. The molecule has 3 heteroatoms. The van der Waals surface area contributed by atoms with Gasteiger partial charge in [-0.2, -0.15) is 0 Å². The number of benzene rings is 1. The van der Waals surface area contributed by atoms with E-state index in [0.717, 1.165) is 14.7 Å². The van der Waals surface area contributed by atoms with Crippen molar-refractivity contribution in [2.45, 2.75) is 13.8 Å². The molecule has 1 heterocycles. The summed E-state index contributed by atoms with van der Waals surface area (Å²) in [6, 6.07) is 3.90. The Kier molecular flexibility index (Phi) is 1.98. The third kappa shape index (κ3) is 1.22. The number of aryl methyl sites for hydroxylation is 2. The first-order valence-corrected chi connectivity index (χ1v) is 6.10. The number of carbonyl (C=O) groups excluding carboxylic acids is 2. The van der Waals surface area contributed by atoms with Gasteiger partial charge in [0.2, 0.25) is 0 Å². The standard InChI is InChI=1S/C10H8IO2/c1-5-3-4-6(2)8-7(5)9(12)10(13)11-8/h3-4H,1-2H3/q-1. The molecule has 0 bridgehead atoms. The van der Waals surface area contributed by atoms with Crippen molar-refractivity contribution in [3.05, 3.63) is 32.4 Å². The van der Waals surface area contributed by atoms with E-state index in [4.69, 9.17) is 0 Å². The molecule has 0 radical (unpaired) electrons. The first kappa shape index (κ1) is 8.87. The van der Waals surface area contributed by atoms with Crippen molar-refractivity contribution in [2.24, 2.45) is 0 Å². The van der Waals surface area contributed by atoms with Gasteiger partial charge in [-0.1, -0.05) is 0 Å². The van der Waals surface area contributed by atoms with Crippen molar-refractivity contribution in [3.8, 4) is 0 Å². The van der Waals surface area contributed by atoms with Gasteiger partial charge < -0.3 is 0 Å². The molecule has 0 atom stereocenters. The van der Waals surface area contributed by atoms with Gasteiger partial charge in [-0.25, -0.2) is 0 Å². The zero-order valence-electron chi connectivity index (χ0n) is 7.35. The van der Waals surface area contributed by atoms with Crippen LogP contribution in [0.25, 0.3) is 0 Å². The maximum atomic E-state index is 11.4. The van der Waals surface area contributed by atoms with Crippen LogP contribution in [0.4, 0.5) is 0 Å². The molecule has 2 rings (SSSR count). The van der Waals surface area contributed by atoms with E-state index >= 15 is 0 Å². The molecule has 0 unspecified atom stereocenters. The van der Waals surface area contributed by atoms with Crippen LogP contribution in [0.3, 0.4) is 0 Å². The van der Waals surface area contributed by atoms with Gasteiger partial charge in [0.05, 0.1) is 0 Å². The molecule has 0 fully saturated rings. The van der Waals surface area contributed by atoms with E-state index in [-0.39, 0.29) is 9.57 Å². The van der Waals surface area contributed by atoms with Crippen LogP contribution in [0.1, 0.15) is 21.5 Å². The summed E-state index contributed by atoms with van der Waals surface area (Å²) in [5.74, 6) is -0.260. The fraction of sp³-hybridized carbons (Fsp3) is 0.200. The summed E-state index contributed by atoms with van der Waals surface area (Å²) in [6.07, 6.45) is 0. The fourth-order valence-electron chi connectivity index (χ4n) is 1.40. The van der Waals surface area contributed by atoms with Gasteiger partial charge in [0.25, 0.3) is 0 Å². The molecule has 0 spiro atoms. The fourth-order valence-corrected chi connectivity index (χ4v) is 3.95. The van der Waals surface area contributed by atoms with Crippen LogP contribution in [0.5, 0.6) is 0 Å². The number of carbonyl (C=O) groups is 2. The van der Waals surface area contributed by atoms with Crippen LogP contribution in [-0.2, 0) is 4.79 Å². The summed E-state index contributed by atoms with van der Waals surface area (Å²) in [5.41, 5.74) is 2.72. The Morgan fingerprint density at radius 1 is 1.08 bits per heavy atom. The topological polar surface area (TPSA) is 34.1 Å². The van der Waals surface area contributed by atoms with Crippen molar-refractivity contribution < 1.29 is 30.8 Å². The second-order valence-corrected chi connectivity index (χ2v) is 5.68. The van der Waals surface area contributed by atoms with E-state index in [1.165, 1.54) is 0 Å². The van der Waals surface area contributed by atoms with Crippen LogP contribution >= 0.6 is 0 Å². The van der Waals surface area contributed by atoms with Crippen LogP contribution < -0.4 is 21.2 Å². The Morgan fingerprint density at radius 2 is 1.69 bits per heavy atom. The Labute approximate surface area is 86.6 Å². The molecule has 0 N–H and O–H groups in total. The van der Waals surface area contributed by atoms with E-state index in [1.54, 1.807) is 0 Å². The van der Waals surface area contributed by atoms with E-state index in [9.17, 15) is 9.59 Å². The first-order chi connectivity index (χ1) is 6.11. The summed E-state index contributed by atoms with van der Waals surface area (Å²) in [5, 5.41) is 0. The number of rotatable bonds is 0. The maximum absolute atomic E-state index is 11.4. The molecule has 0 saturated carbocycles. The van der Waals surface area contributed by atoms with Gasteiger partial charge in [0.15, 0.2) is 0 Å². The zero-order chi connectivity index (χ0) is 9.59. The van der Waals surface area contributed by atoms with E-state index < -0.39 is 21.2 Å². The summed E-state index contributed by atoms with van der Waals surface area (Å²) in [4.78, 5) is 22.7. The Morgan fingerprint density at radius 3 is 2.31 bits per heavy atom. The summed E-state index contributed by atoms with van der Waals surface area (Å²) < 4.78 is 0.875. The normalized spacial score (nSPS) is 15.5. The average Bonchev–Trinajstić information content (AvgIpc) is 2.38. The number of halogens is 1. The molecular weight excluding hydrogens is 279 g/mol. The molecule has 1 aliphatic rings. The van der Waals surface area contributed by atoms with Crippen molar-refractivity contribution in [2.75, 3.05) is 0 Å². The molecule has 0 amide bonds. The number of hydrogen-bond acceptors (Lipinski definition) is 2. The molecule has 68 valence electrons. The molecule has 1 aromatic carbocycles. The Bertz CT molecular complexity index is 421. The molecule has 1 aromatic rings. The average molecular weight is 287 g/mol. The van der Waals surface area contributed by atoms with Gasteiger partial charge in [-0.15, -0.1) is 0 Å². The number of fused-ring (bicyclic) bond motifs is 1. The van der Waals surface area contributed by atoms with Crippen LogP contribution in [-0.4, -0.2) is 9.57 Å². The van der Waals surface area contributed by atoms with Crippen molar-refractivity contribution in [3.63, 3.8) is 0 Å². The second kappa shape index (κ2) is 2.90. The van der Waals surface area contributed by atoms with Crippen LogP contribution in [0.2, 0.25) is 0 Å². The minimum atomic E-state index is -0.707. The summed E-state index contributed by atoms with van der Waals surface area (Å²) >= 11 is -0.707. The SMILES string of the molecule is Cc1ccc(C)c2c1[I-]C(=O)C2=O. The molecule has 0 aromatic heterocycles. The second-order valence-electron chi connectivity index (χ2n) is 3.09. The summed E-state index contributed by atoms with van der Waals surface area (Å²) in [7, 11) is 0. The predicted molar refractivity (Wildman–Crippen MR) is 44.0 cm³/mol. The van der Waals surface area contributed by atoms with Gasteiger partial charge >= 0.3 is 86.6 Å². The van der Waals surface area contributed by atoms with Gasteiger partial charge in [0.1, 0.15) is 0 Å². The number of Topliss-reactive ketones (excluding diaryl/α,β-unsaturated/α-hetero) is 1. The predicted octanol–water partition coefficient (Wildman–Crippen LogP) is -1.72. The monoisotopic (exact) mass is 287 g/mol. The van der Waals surface area contributed by atoms with E-state index in [1.807, 2.05) is 26.0 Å². The molecule has 1 aliphatic heterocycles. The van der Waals surface area contributed by atoms with Crippen molar-refractivity contribution >= 4 is 9.57 Å².